The number of nitrogens with zero attached hydrogens (tertiary/aromatic N) is 2. The molecule has 0 N–H and O–H groups in total. The largest absolute Gasteiger partial charge is 0.497 e. The Labute approximate surface area is 131 Å². The number of aryl methyl sites for hydroxylation is 2. The molecule has 0 unspecified atom stereocenters. The molecule has 0 atom stereocenters. The Morgan fingerprint density at radius 1 is 1.40 bits per heavy atom. The molecule has 6 heteroatoms. The quantitative estimate of drug-likeness (QED) is 0.761. The first-order chi connectivity index (χ1) is 9.56. The fourth-order valence-corrected chi connectivity index (χ4v) is 2.56. The van der Waals surface area contributed by atoms with E-state index in [1.807, 2.05) is 32.2 Å². The van der Waals surface area contributed by atoms with E-state index in [0.29, 0.717) is 17.0 Å². The van der Waals surface area contributed by atoms with E-state index in [2.05, 4.69) is 21.0 Å². The van der Waals surface area contributed by atoms with Crippen molar-refractivity contribution in [3.63, 3.8) is 0 Å². The second-order valence-electron chi connectivity index (χ2n) is 4.37. The van der Waals surface area contributed by atoms with Crippen LogP contribution in [0.2, 0.25) is 5.02 Å². The summed E-state index contributed by atoms with van der Waals surface area (Å²) in [5.41, 5.74) is 2.70. The van der Waals surface area contributed by atoms with Gasteiger partial charge in [0.05, 0.1) is 23.5 Å². The lowest BCUT2D eigenvalue weighted by molar-refractivity contribution is 0.292. The van der Waals surface area contributed by atoms with Crippen LogP contribution in [0.5, 0.6) is 11.5 Å². The molecular weight excluding hydrogens is 344 g/mol. The number of hydrogen-bond donors (Lipinski definition) is 0. The Kier molecular flexibility index (Phi) is 4.94. The summed E-state index contributed by atoms with van der Waals surface area (Å²) in [5.74, 6) is 1.61. The summed E-state index contributed by atoms with van der Waals surface area (Å²) in [6, 6.07) is 5.71. The average Bonchev–Trinajstić information content (AvgIpc) is 2.70. The van der Waals surface area contributed by atoms with Crippen molar-refractivity contribution in [2.45, 2.75) is 18.9 Å². The van der Waals surface area contributed by atoms with E-state index in [1.54, 1.807) is 11.8 Å². The van der Waals surface area contributed by atoms with Gasteiger partial charge in [0.25, 0.3) is 0 Å². The van der Waals surface area contributed by atoms with Crippen LogP contribution in [0.4, 0.5) is 0 Å². The van der Waals surface area contributed by atoms with E-state index in [1.165, 1.54) is 0 Å². The molecule has 0 aliphatic rings. The molecule has 0 aliphatic carbocycles. The molecule has 1 aromatic carbocycles. The number of methoxy groups -OCH3 is 1. The maximum Gasteiger partial charge on any atom is 0.131 e. The summed E-state index contributed by atoms with van der Waals surface area (Å²) < 4.78 is 12.8. The molecule has 108 valence electrons. The van der Waals surface area contributed by atoms with Crippen molar-refractivity contribution in [1.29, 1.82) is 0 Å². The molecule has 0 bridgehead atoms. The molecule has 0 radical (unpaired) electrons. The van der Waals surface area contributed by atoms with Crippen LogP contribution in [0.15, 0.2) is 18.2 Å². The average molecular weight is 360 g/mol. The van der Waals surface area contributed by atoms with Crippen LogP contribution in [0.1, 0.15) is 17.0 Å². The number of rotatable bonds is 5. The van der Waals surface area contributed by atoms with Crippen molar-refractivity contribution >= 4 is 27.5 Å². The third kappa shape index (κ3) is 3.10. The number of alkyl halides is 1. The summed E-state index contributed by atoms with van der Waals surface area (Å²) >= 11 is 9.66. The van der Waals surface area contributed by atoms with E-state index >= 15 is 0 Å². The molecule has 0 fully saturated rings. The second kappa shape index (κ2) is 6.50. The lowest BCUT2D eigenvalue weighted by atomic mass is 10.2. The van der Waals surface area contributed by atoms with Crippen molar-refractivity contribution in [3.05, 3.63) is 40.2 Å². The second-order valence-corrected chi connectivity index (χ2v) is 5.30. The van der Waals surface area contributed by atoms with E-state index in [0.717, 1.165) is 28.5 Å². The van der Waals surface area contributed by atoms with Crippen LogP contribution in [0.3, 0.4) is 0 Å². The number of ether oxygens (including phenoxy) is 2. The Hall–Kier alpha value is -1.20. The lowest BCUT2D eigenvalue weighted by Crippen LogP contribution is -2.04. The van der Waals surface area contributed by atoms with Gasteiger partial charge in [0, 0.05) is 17.9 Å². The van der Waals surface area contributed by atoms with Gasteiger partial charge in [0.15, 0.2) is 0 Å². The van der Waals surface area contributed by atoms with Crippen molar-refractivity contribution in [2.24, 2.45) is 7.05 Å². The van der Waals surface area contributed by atoms with Crippen molar-refractivity contribution < 1.29 is 9.47 Å². The Bertz CT molecular complexity index is 613. The Morgan fingerprint density at radius 2 is 2.15 bits per heavy atom. The summed E-state index contributed by atoms with van der Waals surface area (Å²) in [5, 5.41) is 5.61. The summed E-state index contributed by atoms with van der Waals surface area (Å²) in [7, 11) is 3.50. The molecule has 20 heavy (non-hydrogen) atoms. The highest BCUT2D eigenvalue weighted by Crippen LogP contribution is 2.28. The van der Waals surface area contributed by atoms with Gasteiger partial charge < -0.3 is 9.47 Å². The van der Waals surface area contributed by atoms with E-state index in [4.69, 9.17) is 21.1 Å². The fourth-order valence-electron chi connectivity index (χ4n) is 1.91. The standard InChI is InChI=1S/C14H16BrClN2O2/c1-9-14(16)12(18(2)17-9)8-20-13-5-4-11(19-3)6-10(13)7-15/h4-6H,7-8H2,1-3H3. The molecule has 0 amide bonds. The number of hydrogen-bond acceptors (Lipinski definition) is 3. The van der Waals surface area contributed by atoms with Gasteiger partial charge in [-0.3, -0.25) is 4.68 Å². The van der Waals surface area contributed by atoms with Gasteiger partial charge in [0.1, 0.15) is 18.1 Å². The normalized spacial score (nSPS) is 10.7. The fraction of sp³-hybridized carbons (Fsp3) is 0.357. The first kappa shape index (κ1) is 15.2. The molecule has 0 spiro atoms. The highest BCUT2D eigenvalue weighted by Gasteiger charge is 2.13. The van der Waals surface area contributed by atoms with Gasteiger partial charge in [-0.15, -0.1) is 0 Å². The molecule has 0 saturated carbocycles. The number of benzene rings is 1. The predicted octanol–water partition coefficient (Wildman–Crippen LogP) is 3.86. The molecule has 2 aromatic rings. The van der Waals surface area contributed by atoms with Crippen LogP contribution in [0, 0.1) is 6.92 Å². The Morgan fingerprint density at radius 3 is 2.70 bits per heavy atom. The molecule has 2 rings (SSSR count). The highest BCUT2D eigenvalue weighted by molar-refractivity contribution is 9.08. The zero-order valence-electron chi connectivity index (χ0n) is 11.6. The zero-order chi connectivity index (χ0) is 14.7. The van der Waals surface area contributed by atoms with E-state index < -0.39 is 0 Å². The number of aromatic nitrogens is 2. The van der Waals surface area contributed by atoms with Crippen LogP contribution in [0.25, 0.3) is 0 Å². The summed E-state index contributed by atoms with van der Waals surface area (Å²) in [4.78, 5) is 0. The highest BCUT2D eigenvalue weighted by atomic mass is 79.9. The minimum atomic E-state index is 0.377. The minimum absolute atomic E-state index is 0.377. The number of halogens is 2. The van der Waals surface area contributed by atoms with Gasteiger partial charge in [-0.25, -0.2) is 0 Å². The molecule has 1 heterocycles. The van der Waals surface area contributed by atoms with Gasteiger partial charge >= 0.3 is 0 Å². The van der Waals surface area contributed by atoms with Crippen LogP contribution in [-0.4, -0.2) is 16.9 Å². The van der Waals surface area contributed by atoms with Crippen molar-refractivity contribution in [1.82, 2.24) is 9.78 Å². The molecule has 1 aromatic heterocycles. The summed E-state index contributed by atoms with van der Waals surface area (Å²) in [6.07, 6.45) is 0. The molecule has 4 nitrogen and oxygen atoms in total. The van der Waals surface area contributed by atoms with Crippen molar-refractivity contribution in [2.75, 3.05) is 7.11 Å². The van der Waals surface area contributed by atoms with E-state index in [-0.39, 0.29) is 0 Å². The van der Waals surface area contributed by atoms with Crippen molar-refractivity contribution in [3.8, 4) is 11.5 Å². The van der Waals surface area contributed by atoms with Crippen LogP contribution in [-0.2, 0) is 19.0 Å². The third-order valence-electron chi connectivity index (χ3n) is 3.04. The summed E-state index contributed by atoms with van der Waals surface area (Å²) in [6.45, 7) is 2.26. The SMILES string of the molecule is COc1ccc(OCc2c(Cl)c(C)nn2C)c(CBr)c1. The van der Waals surface area contributed by atoms with E-state index in [9.17, 15) is 0 Å². The van der Waals surface area contributed by atoms with Gasteiger partial charge in [-0.05, 0) is 25.1 Å². The maximum atomic E-state index is 6.21. The minimum Gasteiger partial charge on any atom is -0.497 e. The maximum absolute atomic E-state index is 6.21. The molecule has 0 saturated heterocycles. The molecule has 0 aliphatic heterocycles. The first-order valence-electron chi connectivity index (χ1n) is 6.10. The predicted molar refractivity (Wildman–Crippen MR) is 82.9 cm³/mol. The van der Waals surface area contributed by atoms with Gasteiger partial charge in [-0.2, -0.15) is 5.10 Å². The van der Waals surface area contributed by atoms with Gasteiger partial charge in [0.2, 0.25) is 0 Å². The lowest BCUT2D eigenvalue weighted by Gasteiger charge is -2.12. The van der Waals surface area contributed by atoms with Crippen LogP contribution < -0.4 is 9.47 Å². The topological polar surface area (TPSA) is 36.3 Å². The third-order valence-corrected chi connectivity index (χ3v) is 4.13. The smallest absolute Gasteiger partial charge is 0.131 e. The first-order valence-corrected chi connectivity index (χ1v) is 7.60. The molecular formula is C14H16BrClN2O2. The van der Waals surface area contributed by atoms with Crippen LogP contribution >= 0.6 is 27.5 Å². The Balaban J connectivity index is 2.18. The monoisotopic (exact) mass is 358 g/mol. The zero-order valence-corrected chi connectivity index (χ0v) is 14.0. The van der Waals surface area contributed by atoms with Gasteiger partial charge in [-0.1, -0.05) is 27.5 Å².